The van der Waals surface area contributed by atoms with Crippen LogP contribution in [0.3, 0.4) is 0 Å². The molecule has 0 radical (unpaired) electrons. The minimum Gasteiger partial charge on any atom is -0.480 e. The Labute approximate surface area is 185 Å². The van der Waals surface area contributed by atoms with Gasteiger partial charge in [-0.05, 0) is 30.8 Å². The van der Waals surface area contributed by atoms with Gasteiger partial charge in [-0.15, -0.1) is 0 Å². The van der Waals surface area contributed by atoms with Crippen molar-refractivity contribution >= 4 is 41.4 Å². The summed E-state index contributed by atoms with van der Waals surface area (Å²) in [6.45, 7) is 2.82. The minimum atomic E-state index is -1.61. The van der Waals surface area contributed by atoms with Crippen LogP contribution in [0.2, 0.25) is 0 Å². The number of carboxylic acid groups (broad SMARTS) is 1. The molecule has 4 amide bonds. The summed E-state index contributed by atoms with van der Waals surface area (Å²) in [7, 11) is 0. The monoisotopic (exact) mass is 463 g/mol. The van der Waals surface area contributed by atoms with E-state index in [1.54, 1.807) is 0 Å². The molecule has 0 bridgehead atoms. The van der Waals surface area contributed by atoms with Crippen LogP contribution in [0, 0.1) is 5.92 Å². The molecule has 0 aliphatic heterocycles. The van der Waals surface area contributed by atoms with Crippen LogP contribution < -0.4 is 27.4 Å². The summed E-state index contributed by atoms with van der Waals surface area (Å²) in [4.78, 5) is 59.4. The Morgan fingerprint density at radius 2 is 1.45 bits per heavy atom. The molecule has 12 nitrogen and oxygen atoms in total. The summed E-state index contributed by atoms with van der Waals surface area (Å²) in [6, 6.07) is -4.94. The maximum absolute atomic E-state index is 12.7. The molecule has 178 valence electrons. The second-order valence-corrected chi connectivity index (χ2v) is 8.38. The molecule has 0 aliphatic carbocycles. The molecule has 13 heteroatoms. The molecule has 0 fully saturated rings. The Bertz CT molecular complexity index is 647. The number of nitrogens with one attached hydrogen (secondary N) is 3. The topological polar surface area (TPSA) is 214 Å². The van der Waals surface area contributed by atoms with Gasteiger partial charge in [-0.25, -0.2) is 4.79 Å². The lowest BCUT2D eigenvalue weighted by molar-refractivity contribution is -0.144. The number of hydrogen-bond acceptors (Lipinski definition) is 8. The van der Waals surface area contributed by atoms with Crippen molar-refractivity contribution in [3.8, 4) is 0 Å². The van der Waals surface area contributed by atoms with Crippen LogP contribution in [-0.2, 0) is 24.0 Å². The Hall–Kier alpha value is -2.38. The van der Waals surface area contributed by atoms with Crippen molar-refractivity contribution in [2.24, 2.45) is 17.4 Å². The number of carbonyl (C=O) groups is 5. The largest absolute Gasteiger partial charge is 0.480 e. The molecule has 0 aromatic carbocycles. The zero-order chi connectivity index (χ0) is 24.1. The number of primary amides is 1. The minimum absolute atomic E-state index is 0.00633. The highest BCUT2D eigenvalue weighted by Crippen LogP contribution is 2.07. The van der Waals surface area contributed by atoms with Gasteiger partial charge >= 0.3 is 5.97 Å². The van der Waals surface area contributed by atoms with Crippen molar-refractivity contribution in [2.45, 2.75) is 57.3 Å². The lowest BCUT2D eigenvalue weighted by atomic mass is 10.0. The van der Waals surface area contributed by atoms with Gasteiger partial charge in [0.15, 0.2) is 0 Å². The lowest BCUT2D eigenvalue weighted by Gasteiger charge is -2.25. The van der Waals surface area contributed by atoms with Crippen molar-refractivity contribution in [3.05, 3.63) is 0 Å². The molecule has 0 heterocycles. The van der Waals surface area contributed by atoms with E-state index in [9.17, 15) is 29.1 Å². The fraction of sp³-hybridized carbons (Fsp3) is 0.722. The molecule has 0 rings (SSSR count). The third-order valence-corrected chi connectivity index (χ3v) is 4.79. The Morgan fingerprint density at radius 1 is 0.935 bits per heavy atom. The molecule has 0 saturated carbocycles. The van der Waals surface area contributed by atoms with E-state index in [4.69, 9.17) is 16.6 Å². The Morgan fingerprint density at radius 3 is 1.90 bits per heavy atom. The van der Waals surface area contributed by atoms with Crippen LogP contribution in [0.4, 0.5) is 0 Å². The number of rotatable bonds is 15. The number of thioether (sulfide) groups is 1. The predicted molar refractivity (Wildman–Crippen MR) is 115 cm³/mol. The first-order chi connectivity index (χ1) is 14.4. The Kier molecular flexibility index (Phi) is 13.5. The van der Waals surface area contributed by atoms with Crippen LogP contribution in [0.15, 0.2) is 0 Å². The van der Waals surface area contributed by atoms with Crippen molar-refractivity contribution in [2.75, 3.05) is 18.6 Å². The van der Waals surface area contributed by atoms with E-state index in [1.165, 1.54) is 11.8 Å². The van der Waals surface area contributed by atoms with Crippen molar-refractivity contribution < 1.29 is 34.2 Å². The van der Waals surface area contributed by atoms with Gasteiger partial charge in [0.25, 0.3) is 0 Å². The Balaban J connectivity index is 5.21. The maximum Gasteiger partial charge on any atom is 0.326 e. The summed E-state index contributed by atoms with van der Waals surface area (Å²) in [5, 5.41) is 25.4. The van der Waals surface area contributed by atoms with Crippen LogP contribution >= 0.6 is 11.8 Å². The van der Waals surface area contributed by atoms with Crippen molar-refractivity contribution in [3.63, 3.8) is 0 Å². The maximum atomic E-state index is 12.7. The number of carbonyl (C=O) groups excluding carboxylic acids is 4. The van der Waals surface area contributed by atoms with Gasteiger partial charge in [0.1, 0.15) is 18.1 Å². The highest BCUT2D eigenvalue weighted by molar-refractivity contribution is 7.98. The van der Waals surface area contributed by atoms with Gasteiger partial charge in [-0.3, -0.25) is 19.2 Å². The standard InChI is InChI=1S/C18H33N5O7S/c1-9(2)6-11(21-15(26)10(19)4-5-31-3)16(27)23-13(8-24)17(28)22-12(18(29)30)7-14(20)25/h9-13,24H,4-8,19H2,1-3H3,(H2,20,25)(H,21,26)(H,22,28)(H,23,27)(H,29,30). The number of carboxylic acids is 1. The molecule has 0 saturated heterocycles. The smallest absolute Gasteiger partial charge is 0.326 e. The first kappa shape index (κ1) is 28.6. The van der Waals surface area contributed by atoms with E-state index in [1.807, 2.05) is 25.4 Å². The van der Waals surface area contributed by atoms with E-state index in [-0.39, 0.29) is 12.3 Å². The third-order valence-electron chi connectivity index (χ3n) is 4.15. The number of nitrogens with two attached hydrogens (primary N) is 2. The van der Waals surface area contributed by atoms with Gasteiger partial charge in [0.05, 0.1) is 19.1 Å². The fourth-order valence-electron chi connectivity index (χ4n) is 2.50. The second-order valence-electron chi connectivity index (χ2n) is 7.39. The van der Waals surface area contributed by atoms with E-state index < -0.39 is 66.8 Å². The summed E-state index contributed by atoms with van der Waals surface area (Å²) >= 11 is 1.53. The summed E-state index contributed by atoms with van der Waals surface area (Å²) in [5.74, 6) is -4.06. The number of amides is 4. The van der Waals surface area contributed by atoms with E-state index in [0.717, 1.165) is 0 Å². The molecule has 4 atom stereocenters. The van der Waals surface area contributed by atoms with Crippen LogP contribution in [-0.4, -0.2) is 82.6 Å². The highest BCUT2D eigenvalue weighted by atomic mass is 32.2. The van der Waals surface area contributed by atoms with Crippen LogP contribution in [0.25, 0.3) is 0 Å². The average Bonchev–Trinajstić information content (AvgIpc) is 2.67. The number of aliphatic hydroxyl groups excluding tert-OH is 1. The fourth-order valence-corrected chi connectivity index (χ4v) is 2.99. The molecule has 0 aromatic heterocycles. The highest BCUT2D eigenvalue weighted by Gasteiger charge is 2.30. The van der Waals surface area contributed by atoms with Crippen molar-refractivity contribution in [1.82, 2.24) is 16.0 Å². The van der Waals surface area contributed by atoms with E-state index in [0.29, 0.717) is 12.2 Å². The number of aliphatic carboxylic acids is 1. The molecule has 9 N–H and O–H groups in total. The van der Waals surface area contributed by atoms with Gasteiger partial charge < -0.3 is 37.6 Å². The van der Waals surface area contributed by atoms with E-state index >= 15 is 0 Å². The molecule has 0 spiro atoms. The average molecular weight is 464 g/mol. The first-order valence-electron chi connectivity index (χ1n) is 9.70. The number of aliphatic hydroxyl groups is 1. The third kappa shape index (κ3) is 11.5. The molecular formula is C18H33N5O7S. The molecular weight excluding hydrogens is 430 g/mol. The first-order valence-corrected chi connectivity index (χ1v) is 11.1. The van der Waals surface area contributed by atoms with E-state index in [2.05, 4.69) is 10.6 Å². The summed E-state index contributed by atoms with van der Waals surface area (Å²) in [5.41, 5.74) is 10.8. The predicted octanol–water partition coefficient (Wildman–Crippen LogP) is -2.48. The molecule has 0 aromatic rings. The zero-order valence-electron chi connectivity index (χ0n) is 17.9. The normalized spacial score (nSPS) is 14.8. The molecule has 31 heavy (non-hydrogen) atoms. The molecule has 4 unspecified atom stereocenters. The summed E-state index contributed by atoms with van der Waals surface area (Å²) in [6.07, 6.45) is 1.87. The quantitative estimate of drug-likeness (QED) is 0.137. The molecule has 0 aliphatic rings. The van der Waals surface area contributed by atoms with Crippen molar-refractivity contribution in [1.29, 1.82) is 0 Å². The SMILES string of the molecule is CSCCC(N)C(=O)NC(CC(C)C)C(=O)NC(CO)C(=O)NC(CC(N)=O)C(=O)O. The van der Waals surface area contributed by atoms with Crippen LogP contribution in [0.5, 0.6) is 0 Å². The lowest BCUT2D eigenvalue weighted by Crippen LogP contribution is -2.58. The van der Waals surface area contributed by atoms with Gasteiger partial charge in [0.2, 0.25) is 23.6 Å². The summed E-state index contributed by atoms with van der Waals surface area (Å²) < 4.78 is 0. The second kappa shape index (κ2) is 14.6. The number of hydrogen-bond donors (Lipinski definition) is 7. The zero-order valence-corrected chi connectivity index (χ0v) is 18.7. The van der Waals surface area contributed by atoms with Gasteiger partial charge in [-0.1, -0.05) is 13.8 Å². The van der Waals surface area contributed by atoms with Gasteiger partial charge in [0, 0.05) is 0 Å². The van der Waals surface area contributed by atoms with Crippen LogP contribution in [0.1, 0.15) is 33.1 Å². The van der Waals surface area contributed by atoms with Gasteiger partial charge in [-0.2, -0.15) is 11.8 Å².